The van der Waals surface area contributed by atoms with Crippen LogP contribution in [0.15, 0.2) is 18.2 Å². The Balaban J connectivity index is 2.93. The van der Waals surface area contributed by atoms with Crippen LogP contribution >= 0.6 is 11.6 Å². The predicted octanol–water partition coefficient (Wildman–Crippen LogP) is 3.00. The van der Waals surface area contributed by atoms with E-state index in [1.807, 2.05) is 26.0 Å². The summed E-state index contributed by atoms with van der Waals surface area (Å²) in [6, 6.07) is 5.54. The number of carbonyl (C=O) groups is 1. The van der Waals surface area contributed by atoms with Crippen molar-refractivity contribution < 1.29 is 4.79 Å². The summed E-state index contributed by atoms with van der Waals surface area (Å²) >= 11 is 5.92. The second kappa shape index (κ2) is 4.28. The van der Waals surface area contributed by atoms with Crippen LogP contribution in [0, 0.1) is 6.92 Å². The van der Waals surface area contributed by atoms with E-state index in [0.29, 0.717) is 11.4 Å². The monoisotopic (exact) mass is 197 g/mol. The van der Waals surface area contributed by atoms with E-state index < -0.39 is 0 Å². The standard InChI is InChI=1S/C10H12ClNO/c1-3-9(13)12-10-7(2)5-4-6-8(10)11/h4-6H,3H2,1-2H3,(H,12,13). The number of hydrogen-bond donors (Lipinski definition) is 1. The molecule has 13 heavy (non-hydrogen) atoms. The van der Waals surface area contributed by atoms with Crippen molar-refractivity contribution in [3.8, 4) is 0 Å². The van der Waals surface area contributed by atoms with Crippen LogP contribution in [0.5, 0.6) is 0 Å². The number of amides is 1. The Morgan fingerprint density at radius 1 is 1.54 bits per heavy atom. The first-order chi connectivity index (χ1) is 6.15. The molecule has 0 saturated heterocycles. The van der Waals surface area contributed by atoms with Crippen molar-refractivity contribution in [2.24, 2.45) is 0 Å². The zero-order chi connectivity index (χ0) is 9.84. The Kier molecular flexibility index (Phi) is 3.32. The molecule has 0 bridgehead atoms. The van der Waals surface area contributed by atoms with Crippen LogP contribution in [0.2, 0.25) is 5.02 Å². The highest BCUT2D eigenvalue weighted by Gasteiger charge is 2.05. The quantitative estimate of drug-likeness (QED) is 0.776. The summed E-state index contributed by atoms with van der Waals surface area (Å²) in [4.78, 5) is 11.1. The van der Waals surface area contributed by atoms with Gasteiger partial charge in [0.25, 0.3) is 0 Å². The SMILES string of the molecule is CCC(=O)Nc1c(C)cccc1Cl. The zero-order valence-electron chi connectivity index (χ0n) is 7.73. The lowest BCUT2D eigenvalue weighted by atomic mass is 10.2. The molecule has 2 nitrogen and oxygen atoms in total. The third-order valence-corrected chi connectivity index (χ3v) is 2.12. The number of para-hydroxylation sites is 1. The number of carbonyl (C=O) groups excluding carboxylic acids is 1. The van der Waals surface area contributed by atoms with E-state index in [1.165, 1.54) is 0 Å². The van der Waals surface area contributed by atoms with Crippen LogP contribution in [0.25, 0.3) is 0 Å². The number of hydrogen-bond acceptors (Lipinski definition) is 1. The molecule has 1 amide bonds. The topological polar surface area (TPSA) is 29.1 Å². The van der Waals surface area contributed by atoms with Gasteiger partial charge in [-0.3, -0.25) is 4.79 Å². The van der Waals surface area contributed by atoms with Crippen LogP contribution in [0.1, 0.15) is 18.9 Å². The van der Waals surface area contributed by atoms with Gasteiger partial charge in [-0.1, -0.05) is 30.7 Å². The van der Waals surface area contributed by atoms with Crippen LogP contribution in [0.3, 0.4) is 0 Å². The first-order valence-electron chi connectivity index (χ1n) is 4.20. The number of nitrogens with one attached hydrogen (secondary N) is 1. The molecule has 70 valence electrons. The molecule has 0 spiro atoms. The van der Waals surface area contributed by atoms with Crippen LogP contribution in [-0.4, -0.2) is 5.91 Å². The highest BCUT2D eigenvalue weighted by molar-refractivity contribution is 6.33. The van der Waals surface area contributed by atoms with Gasteiger partial charge in [0.2, 0.25) is 5.91 Å². The lowest BCUT2D eigenvalue weighted by molar-refractivity contribution is -0.115. The fourth-order valence-electron chi connectivity index (χ4n) is 1.02. The minimum absolute atomic E-state index is 0.0174. The minimum Gasteiger partial charge on any atom is -0.325 e. The number of benzene rings is 1. The van der Waals surface area contributed by atoms with E-state index >= 15 is 0 Å². The highest BCUT2D eigenvalue weighted by Crippen LogP contribution is 2.25. The third kappa shape index (κ3) is 2.46. The number of aryl methyl sites for hydroxylation is 1. The molecule has 0 saturated carbocycles. The second-order valence-corrected chi connectivity index (χ2v) is 3.24. The summed E-state index contributed by atoms with van der Waals surface area (Å²) in [7, 11) is 0. The fourth-order valence-corrected chi connectivity index (χ4v) is 1.29. The Morgan fingerprint density at radius 3 is 2.77 bits per heavy atom. The van der Waals surface area contributed by atoms with Crippen molar-refractivity contribution in [2.75, 3.05) is 5.32 Å². The summed E-state index contributed by atoms with van der Waals surface area (Å²) in [5.41, 5.74) is 1.70. The van der Waals surface area contributed by atoms with Crippen molar-refractivity contribution in [2.45, 2.75) is 20.3 Å². The van der Waals surface area contributed by atoms with Crippen LogP contribution in [-0.2, 0) is 4.79 Å². The van der Waals surface area contributed by atoms with Gasteiger partial charge in [-0.05, 0) is 18.6 Å². The van der Waals surface area contributed by atoms with Gasteiger partial charge in [0.05, 0.1) is 10.7 Å². The van der Waals surface area contributed by atoms with Crippen molar-refractivity contribution in [1.29, 1.82) is 0 Å². The average molecular weight is 198 g/mol. The number of halogens is 1. The van der Waals surface area contributed by atoms with Gasteiger partial charge in [-0.2, -0.15) is 0 Å². The lowest BCUT2D eigenvalue weighted by Crippen LogP contribution is -2.10. The molecule has 0 heterocycles. The zero-order valence-corrected chi connectivity index (χ0v) is 8.48. The van der Waals surface area contributed by atoms with E-state index in [2.05, 4.69) is 5.32 Å². The van der Waals surface area contributed by atoms with Gasteiger partial charge in [-0.15, -0.1) is 0 Å². The van der Waals surface area contributed by atoms with Crippen molar-refractivity contribution in [3.63, 3.8) is 0 Å². The summed E-state index contributed by atoms with van der Waals surface area (Å²) in [6.07, 6.45) is 0.463. The molecular weight excluding hydrogens is 186 g/mol. The average Bonchev–Trinajstić information content (AvgIpc) is 2.11. The molecule has 1 aromatic carbocycles. The lowest BCUT2D eigenvalue weighted by Gasteiger charge is -2.08. The molecule has 0 aromatic heterocycles. The van der Waals surface area contributed by atoms with Gasteiger partial charge in [0.1, 0.15) is 0 Å². The maximum Gasteiger partial charge on any atom is 0.224 e. The maximum atomic E-state index is 11.1. The second-order valence-electron chi connectivity index (χ2n) is 2.83. The van der Waals surface area contributed by atoms with E-state index in [1.54, 1.807) is 6.07 Å². The molecule has 3 heteroatoms. The minimum atomic E-state index is -0.0174. The smallest absolute Gasteiger partial charge is 0.224 e. The number of anilines is 1. The van der Waals surface area contributed by atoms with Gasteiger partial charge in [-0.25, -0.2) is 0 Å². The first-order valence-corrected chi connectivity index (χ1v) is 4.58. The molecule has 0 radical (unpaired) electrons. The number of rotatable bonds is 2. The molecular formula is C10H12ClNO. The fraction of sp³-hybridized carbons (Fsp3) is 0.300. The summed E-state index contributed by atoms with van der Waals surface area (Å²) in [6.45, 7) is 3.72. The molecule has 1 aromatic rings. The molecule has 0 aliphatic rings. The van der Waals surface area contributed by atoms with Gasteiger partial charge in [0.15, 0.2) is 0 Å². The third-order valence-electron chi connectivity index (χ3n) is 1.81. The van der Waals surface area contributed by atoms with E-state index in [4.69, 9.17) is 11.6 Å². The molecule has 0 fully saturated rings. The van der Waals surface area contributed by atoms with E-state index in [0.717, 1.165) is 11.3 Å². The predicted molar refractivity (Wildman–Crippen MR) is 55.1 cm³/mol. The molecule has 0 aliphatic carbocycles. The Morgan fingerprint density at radius 2 is 2.23 bits per heavy atom. The molecule has 0 unspecified atom stereocenters. The summed E-state index contributed by atoms with van der Waals surface area (Å²) in [5, 5.41) is 3.34. The molecule has 0 aliphatic heterocycles. The first kappa shape index (κ1) is 10.1. The Labute approximate surface area is 82.9 Å². The molecule has 0 atom stereocenters. The Bertz CT molecular complexity index is 302. The van der Waals surface area contributed by atoms with E-state index in [9.17, 15) is 4.79 Å². The van der Waals surface area contributed by atoms with Crippen LogP contribution in [0.4, 0.5) is 5.69 Å². The van der Waals surface area contributed by atoms with Crippen molar-refractivity contribution in [3.05, 3.63) is 28.8 Å². The Hall–Kier alpha value is -1.02. The summed E-state index contributed by atoms with van der Waals surface area (Å²) in [5.74, 6) is -0.0174. The van der Waals surface area contributed by atoms with Crippen molar-refractivity contribution >= 4 is 23.2 Å². The van der Waals surface area contributed by atoms with Gasteiger partial charge in [0, 0.05) is 6.42 Å². The normalized spacial score (nSPS) is 9.77. The largest absolute Gasteiger partial charge is 0.325 e. The summed E-state index contributed by atoms with van der Waals surface area (Å²) < 4.78 is 0. The van der Waals surface area contributed by atoms with E-state index in [-0.39, 0.29) is 5.91 Å². The van der Waals surface area contributed by atoms with Gasteiger partial charge < -0.3 is 5.32 Å². The highest BCUT2D eigenvalue weighted by atomic mass is 35.5. The molecule has 1 rings (SSSR count). The molecule has 1 N–H and O–H groups in total. The van der Waals surface area contributed by atoms with Crippen LogP contribution < -0.4 is 5.32 Å². The van der Waals surface area contributed by atoms with Crippen molar-refractivity contribution in [1.82, 2.24) is 0 Å². The van der Waals surface area contributed by atoms with Gasteiger partial charge >= 0.3 is 0 Å². The maximum absolute atomic E-state index is 11.1.